The maximum Gasteiger partial charge on any atom is 0.336 e. The Bertz CT molecular complexity index is 814. The van der Waals surface area contributed by atoms with E-state index in [1.165, 1.54) is 7.11 Å². The lowest BCUT2D eigenvalue weighted by atomic mass is 9.68. The van der Waals surface area contributed by atoms with Gasteiger partial charge in [0.1, 0.15) is 0 Å². The number of allylic oxidation sites excluding steroid dienone is 3. The van der Waals surface area contributed by atoms with Crippen molar-refractivity contribution in [3.63, 3.8) is 0 Å². The first-order valence-corrected chi connectivity index (χ1v) is 8.62. The third-order valence-corrected chi connectivity index (χ3v) is 5.02. The summed E-state index contributed by atoms with van der Waals surface area (Å²) in [6.07, 6.45) is 1.28. The van der Waals surface area contributed by atoms with E-state index in [0.29, 0.717) is 12.0 Å². The highest BCUT2D eigenvalue weighted by Gasteiger charge is 2.42. The molecule has 1 heterocycles. The zero-order valence-corrected chi connectivity index (χ0v) is 15.5. The maximum atomic E-state index is 13.0. The monoisotopic (exact) mass is 339 g/mol. The molecule has 0 fully saturated rings. The molecular formula is C21H25NO3. The second-order valence-corrected chi connectivity index (χ2v) is 7.84. The molecule has 0 spiro atoms. The molecule has 1 aliphatic heterocycles. The largest absolute Gasteiger partial charge is 0.466 e. The highest BCUT2D eigenvalue weighted by atomic mass is 16.5. The third kappa shape index (κ3) is 3.13. The molecule has 25 heavy (non-hydrogen) atoms. The lowest BCUT2D eigenvalue weighted by Gasteiger charge is -2.39. The molecule has 132 valence electrons. The molecule has 4 heteroatoms. The number of benzene rings is 1. The summed E-state index contributed by atoms with van der Waals surface area (Å²) < 4.78 is 5.03. The van der Waals surface area contributed by atoms with Crippen molar-refractivity contribution >= 4 is 11.8 Å². The Kier molecular flexibility index (Phi) is 4.31. The molecule has 0 saturated heterocycles. The van der Waals surface area contributed by atoms with Gasteiger partial charge in [0.2, 0.25) is 0 Å². The Morgan fingerprint density at radius 2 is 1.96 bits per heavy atom. The van der Waals surface area contributed by atoms with E-state index < -0.39 is 0 Å². The molecular weight excluding hydrogens is 314 g/mol. The summed E-state index contributed by atoms with van der Waals surface area (Å²) in [5.74, 6) is -0.646. The minimum atomic E-state index is -0.388. The summed E-state index contributed by atoms with van der Waals surface area (Å²) in [5.41, 5.74) is 4.94. The molecule has 0 unspecified atom stereocenters. The minimum Gasteiger partial charge on any atom is -0.466 e. The fraction of sp³-hybridized carbons (Fsp3) is 0.429. The molecule has 3 rings (SSSR count). The highest BCUT2D eigenvalue weighted by molar-refractivity contribution is 6.04. The number of methoxy groups -OCH3 is 1. The smallest absolute Gasteiger partial charge is 0.336 e. The molecule has 2 aliphatic rings. The molecule has 0 bridgehead atoms. The third-order valence-electron chi connectivity index (χ3n) is 5.02. The number of hydrogen-bond donors (Lipinski definition) is 1. The fourth-order valence-corrected chi connectivity index (χ4v) is 4.00. The molecule has 1 aromatic carbocycles. The number of dihydropyridines is 1. The van der Waals surface area contributed by atoms with Crippen molar-refractivity contribution in [1.29, 1.82) is 0 Å². The van der Waals surface area contributed by atoms with E-state index in [2.05, 4.69) is 19.2 Å². The van der Waals surface area contributed by atoms with E-state index in [1.807, 2.05) is 38.1 Å². The van der Waals surface area contributed by atoms with Crippen molar-refractivity contribution in [2.24, 2.45) is 5.41 Å². The van der Waals surface area contributed by atoms with Crippen LogP contribution in [-0.4, -0.2) is 18.9 Å². The van der Waals surface area contributed by atoms with Crippen LogP contribution in [0, 0.1) is 12.3 Å². The van der Waals surface area contributed by atoms with Crippen molar-refractivity contribution in [1.82, 2.24) is 5.32 Å². The first kappa shape index (κ1) is 17.5. The molecule has 1 atom stereocenters. The maximum absolute atomic E-state index is 13.0. The van der Waals surface area contributed by atoms with Crippen LogP contribution in [0.2, 0.25) is 0 Å². The Labute approximate surface area is 149 Å². The van der Waals surface area contributed by atoms with Crippen molar-refractivity contribution in [2.75, 3.05) is 7.11 Å². The molecule has 0 saturated carbocycles. The van der Waals surface area contributed by atoms with Gasteiger partial charge in [0.25, 0.3) is 0 Å². The SMILES string of the molecule is COC(=O)C1=C(C)NC2=C(C(=O)CC(C)(C)C2)[C@@H]1c1cccc(C)c1. The molecule has 0 amide bonds. The number of hydrogen-bond acceptors (Lipinski definition) is 4. The number of carbonyl (C=O) groups excluding carboxylic acids is 2. The van der Waals surface area contributed by atoms with Crippen LogP contribution in [-0.2, 0) is 14.3 Å². The van der Waals surface area contributed by atoms with Crippen LogP contribution in [0.1, 0.15) is 50.7 Å². The molecule has 0 aromatic heterocycles. The number of esters is 1. The van der Waals surface area contributed by atoms with Gasteiger partial charge < -0.3 is 10.1 Å². The van der Waals surface area contributed by atoms with Gasteiger partial charge >= 0.3 is 5.97 Å². The Hall–Kier alpha value is -2.36. The first-order valence-electron chi connectivity index (χ1n) is 8.62. The van der Waals surface area contributed by atoms with Crippen LogP contribution >= 0.6 is 0 Å². The summed E-state index contributed by atoms with van der Waals surface area (Å²) in [5, 5.41) is 3.32. The van der Waals surface area contributed by atoms with Gasteiger partial charge in [-0.05, 0) is 31.2 Å². The van der Waals surface area contributed by atoms with Crippen molar-refractivity contribution in [2.45, 2.75) is 46.5 Å². The fourth-order valence-electron chi connectivity index (χ4n) is 4.00. The average molecular weight is 339 g/mol. The van der Waals surface area contributed by atoms with Crippen LogP contribution in [0.15, 0.2) is 46.8 Å². The number of ether oxygens (including phenoxy) is 1. The second-order valence-electron chi connectivity index (χ2n) is 7.84. The lowest BCUT2D eigenvalue weighted by molar-refractivity contribution is -0.136. The summed E-state index contributed by atoms with van der Waals surface area (Å²) in [6.45, 7) is 8.10. The van der Waals surface area contributed by atoms with E-state index >= 15 is 0 Å². The van der Waals surface area contributed by atoms with Gasteiger partial charge in [0.05, 0.1) is 12.7 Å². The standard InChI is InChI=1S/C21H25NO3/c1-12-7-6-8-14(9-12)18-17(20(24)25-5)13(2)22-15-10-21(3,4)11-16(23)19(15)18/h6-9,18,22H,10-11H2,1-5H3/t18-/m1/s1. The van der Waals surface area contributed by atoms with Crippen LogP contribution in [0.25, 0.3) is 0 Å². The van der Waals surface area contributed by atoms with Crippen LogP contribution in [0.5, 0.6) is 0 Å². The number of carbonyl (C=O) groups is 2. The van der Waals surface area contributed by atoms with Gasteiger partial charge in [0, 0.05) is 29.3 Å². The van der Waals surface area contributed by atoms with E-state index in [-0.39, 0.29) is 23.1 Å². The number of Topliss-reactive ketones (excluding diaryl/α,β-unsaturated/α-hetero) is 1. The Balaban J connectivity index is 2.21. The van der Waals surface area contributed by atoms with E-state index in [9.17, 15) is 9.59 Å². The zero-order chi connectivity index (χ0) is 18.4. The van der Waals surface area contributed by atoms with Gasteiger partial charge in [-0.2, -0.15) is 0 Å². The summed E-state index contributed by atoms with van der Waals surface area (Å²) >= 11 is 0. The number of rotatable bonds is 2. The summed E-state index contributed by atoms with van der Waals surface area (Å²) in [6, 6.07) is 8.01. The topological polar surface area (TPSA) is 55.4 Å². The van der Waals surface area contributed by atoms with Crippen LogP contribution < -0.4 is 5.32 Å². The normalized spacial score (nSPS) is 22.4. The number of nitrogens with one attached hydrogen (secondary N) is 1. The Morgan fingerprint density at radius 3 is 2.60 bits per heavy atom. The molecule has 4 nitrogen and oxygen atoms in total. The summed E-state index contributed by atoms with van der Waals surface area (Å²) in [4.78, 5) is 25.5. The van der Waals surface area contributed by atoms with Crippen LogP contribution in [0.3, 0.4) is 0 Å². The molecule has 1 N–H and O–H groups in total. The van der Waals surface area contributed by atoms with Gasteiger partial charge in [-0.25, -0.2) is 4.79 Å². The van der Waals surface area contributed by atoms with Gasteiger partial charge in [-0.3, -0.25) is 4.79 Å². The summed E-state index contributed by atoms with van der Waals surface area (Å²) in [7, 11) is 1.38. The quantitative estimate of drug-likeness (QED) is 0.833. The van der Waals surface area contributed by atoms with Gasteiger partial charge in [0.15, 0.2) is 5.78 Å². The molecule has 1 aliphatic carbocycles. The predicted molar refractivity (Wildman–Crippen MR) is 96.8 cm³/mol. The highest BCUT2D eigenvalue weighted by Crippen LogP contribution is 2.46. The van der Waals surface area contributed by atoms with Gasteiger partial charge in [-0.15, -0.1) is 0 Å². The average Bonchev–Trinajstić information content (AvgIpc) is 2.51. The van der Waals surface area contributed by atoms with Crippen molar-refractivity contribution in [3.8, 4) is 0 Å². The predicted octanol–water partition coefficient (Wildman–Crippen LogP) is 3.77. The number of ketones is 1. The van der Waals surface area contributed by atoms with E-state index in [0.717, 1.165) is 34.5 Å². The van der Waals surface area contributed by atoms with E-state index in [4.69, 9.17) is 4.74 Å². The molecule has 1 aromatic rings. The second kappa shape index (κ2) is 6.17. The molecule has 0 radical (unpaired) electrons. The number of aryl methyl sites for hydroxylation is 1. The van der Waals surface area contributed by atoms with Crippen LogP contribution in [0.4, 0.5) is 0 Å². The lowest BCUT2D eigenvalue weighted by Crippen LogP contribution is -2.38. The minimum absolute atomic E-state index is 0.0802. The van der Waals surface area contributed by atoms with E-state index in [1.54, 1.807) is 0 Å². The Morgan fingerprint density at radius 1 is 1.24 bits per heavy atom. The first-order chi connectivity index (χ1) is 11.7. The van der Waals surface area contributed by atoms with Gasteiger partial charge in [-0.1, -0.05) is 43.7 Å². The van der Waals surface area contributed by atoms with Crippen molar-refractivity contribution < 1.29 is 14.3 Å². The van der Waals surface area contributed by atoms with Crippen molar-refractivity contribution in [3.05, 3.63) is 57.9 Å². The zero-order valence-electron chi connectivity index (χ0n) is 15.5.